The summed E-state index contributed by atoms with van der Waals surface area (Å²) in [6, 6.07) is 5.98. The third-order valence-corrected chi connectivity index (χ3v) is 11.7. The number of aliphatic hydroxyl groups excluding tert-OH is 4. The third kappa shape index (κ3) is 7.44. The Morgan fingerprint density at radius 2 is 1.64 bits per heavy atom. The zero-order chi connectivity index (χ0) is 40.7. The Morgan fingerprint density at radius 3 is 2.30 bits per heavy atom. The van der Waals surface area contributed by atoms with Gasteiger partial charge in [0, 0.05) is 64.3 Å². The van der Waals surface area contributed by atoms with E-state index in [2.05, 4.69) is 43.4 Å². The van der Waals surface area contributed by atoms with Crippen molar-refractivity contribution in [1.82, 2.24) is 24.8 Å². The minimum atomic E-state index is -1.56. The van der Waals surface area contributed by atoms with Crippen LogP contribution in [0.25, 0.3) is 39.3 Å². The number of hydrogen-bond acceptors (Lipinski definition) is 10. The number of aliphatic carboxylic acids is 1. The predicted octanol–water partition coefficient (Wildman–Crippen LogP) is 4.27. The molecule has 0 saturated carbocycles. The first-order valence-corrected chi connectivity index (χ1v) is 19.1. The van der Waals surface area contributed by atoms with E-state index in [1.54, 1.807) is 14.0 Å². The monoisotopic (exact) mass is 771 g/mol. The lowest BCUT2D eigenvalue weighted by Crippen LogP contribution is -2.59. The van der Waals surface area contributed by atoms with Crippen molar-refractivity contribution in [2.75, 3.05) is 26.8 Å². The van der Waals surface area contributed by atoms with Crippen LogP contribution in [0.3, 0.4) is 0 Å². The first-order chi connectivity index (χ1) is 26.6. The minimum absolute atomic E-state index is 0.0205. The van der Waals surface area contributed by atoms with Gasteiger partial charge in [-0.25, -0.2) is 9.78 Å². The third-order valence-electron chi connectivity index (χ3n) is 11.7. The van der Waals surface area contributed by atoms with Crippen LogP contribution in [0.4, 0.5) is 0 Å². The Balaban J connectivity index is 1.44. The number of amides is 1. The summed E-state index contributed by atoms with van der Waals surface area (Å²) in [5.41, 5.74) is 10.7. The number of nitrogens with zero attached hydrogens (tertiary/aromatic N) is 3. The highest BCUT2D eigenvalue weighted by Gasteiger charge is 2.44. The number of nitrogens with one attached hydrogen (secondary N) is 2. The summed E-state index contributed by atoms with van der Waals surface area (Å²) >= 11 is 0. The van der Waals surface area contributed by atoms with Crippen LogP contribution in [-0.2, 0) is 31.9 Å². The molecule has 7 N–H and O–H groups in total. The molecule has 14 nitrogen and oxygen atoms in total. The van der Waals surface area contributed by atoms with Crippen molar-refractivity contribution in [3.05, 3.63) is 75.4 Å². The molecule has 3 aliphatic heterocycles. The number of aryl methyl sites for hydroxylation is 3. The summed E-state index contributed by atoms with van der Waals surface area (Å²) in [6.45, 7) is 15.8. The molecule has 0 radical (unpaired) electrons. The molecule has 14 heteroatoms. The van der Waals surface area contributed by atoms with Crippen LogP contribution in [0.2, 0.25) is 0 Å². The van der Waals surface area contributed by atoms with E-state index in [0.717, 1.165) is 56.4 Å². The fraction of sp³-hybridized carbons (Fsp3) is 0.476. The molecular weight excluding hydrogens is 718 g/mol. The fourth-order valence-electron chi connectivity index (χ4n) is 7.95. The van der Waals surface area contributed by atoms with E-state index in [4.69, 9.17) is 19.4 Å². The first-order valence-electron chi connectivity index (χ1n) is 19.1. The first kappa shape index (κ1) is 40.9. The zero-order valence-corrected chi connectivity index (χ0v) is 33.0. The van der Waals surface area contributed by atoms with Crippen molar-refractivity contribution in [2.24, 2.45) is 0 Å². The molecule has 1 fully saturated rings. The van der Waals surface area contributed by atoms with Gasteiger partial charge in [0.2, 0.25) is 5.91 Å². The lowest BCUT2D eigenvalue weighted by molar-refractivity contribution is -0.301. The molecule has 6 rings (SSSR count). The number of hydrogen-bond donors (Lipinski definition) is 7. The zero-order valence-electron chi connectivity index (χ0n) is 33.0. The lowest BCUT2D eigenvalue weighted by Gasteiger charge is -2.39. The van der Waals surface area contributed by atoms with Gasteiger partial charge in [0.05, 0.1) is 42.3 Å². The molecule has 3 aliphatic rings. The van der Waals surface area contributed by atoms with Gasteiger partial charge in [0.15, 0.2) is 6.29 Å². The van der Waals surface area contributed by atoms with Gasteiger partial charge >= 0.3 is 5.97 Å². The van der Waals surface area contributed by atoms with Crippen LogP contribution >= 0.6 is 0 Å². The molecule has 1 amide bonds. The molecule has 1 saturated heterocycles. The Bertz CT molecular complexity index is 2240. The molecule has 0 spiro atoms. The summed E-state index contributed by atoms with van der Waals surface area (Å²) in [7, 11) is 1.64. The SMILES string of the molecule is C=Cc1c(C)c2cc3nc(c(CC(=O)N(C)CCCOC4OC(CO)C(O)C(O)C4O)c4nc(cc5[nH]c(cc1[nH]2)c(C)c5CC)C(C)=C4C(=O)O)C(C)C3C. The summed E-state index contributed by atoms with van der Waals surface area (Å²) in [5, 5.41) is 50.6. The van der Waals surface area contributed by atoms with Crippen molar-refractivity contribution in [3.8, 4) is 0 Å². The predicted molar refractivity (Wildman–Crippen MR) is 213 cm³/mol. The normalized spacial score (nSPS) is 23.7. The van der Waals surface area contributed by atoms with Gasteiger partial charge in [0.1, 0.15) is 24.4 Å². The highest BCUT2D eigenvalue weighted by molar-refractivity contribution is 6.24. The van der Waals surface area contributed by atoms with Crippen molar-refractivity contribution < 1.29 is 44.6 Å². The van der Waals surface area contributed by atoms with E-state index < -0.39 is 43.3 Å². The number of ether oxygens (including phenoxy) is 2. The number of carboxylic acid groups (broad SMARTS) is 1. The second kappa shape index (κ2) is 16.4. The molecule has 3 aromatic heterocycles. The standard InChI is InChI=1S/C42H53N5O9/c1-9-24-21(5)28-15-27-19(3)20(4)36(45-27)26(14-34(49)47(8)12-11-13-55-42-40(52)39(51)38(50)33(18-48)56-42)37-35(41(53)54)23(7)30(46-37)17-32-25(10-2)22(6)29(44-32)16-31(24)43-28/h9,15-17,19-20,33,38-40,42-44,48,50-52H,1,10-14,18H2,2-8H3,(H,53,54). The number of aromatic amines is 2. The van der Waals surface area contributed by atoms with E-state index in [-0.39, 0.29) is 48.6 Å². The number of fused-ring (bicyclic) bond motifs is 8. The number of carboxylic acids is 1. The Hall–Kier alpha value is -4.70. The van der Waals surface area contributed by atoms with E-state index in [9.17, 15) is 35.1 Å². The summed E-state index contributed by atoms with van der Waals surface area (Å²) in [5.74, 6) is -1.69. The van der Waals surface area contributed by atoms with Crippen LogP contribution in [0.1, 0.15) is 96.5 Å². The molecule has 7 atom stereocenters. The second-order valence-corrected chi connectivity index (χ2v) is 15.1. The van der Waals surface area contributed by atoms with Crippen LogP contribution in [0.5, 0.6) is 0 Å². The number of carbonyl (C=O) groups is 2. The summed E-state index contributed by atoms with van der Waals surface area (Å²) in [6.07, 6.45) is -4.25. The molecule has 8 bridgehead atoms. The highest BCUT2D eigenvalue weighted by Crippen LogP contribution is 2.41. The Kier molecular flexibility index (Phi) is 12.0. The number of aliphatic hydroxyl groups is 4. The molecular formula is C42H53N5O9. The molecule has 3 aromatic rings. The molecule has 0 aromatic carbocycles. The molecule has 6 heterocycles. The fourth-order valence-corrected chi connectivity index (χ4v) is 7.95. The number of allylic oxidation sites excluding steroid dienone is 1. The molecule has 0 aliphatic carbocycles. The summed E-state index contributed by atoms with van der Waals surface area (Å²) in [4.78, 5) is 45.9. The maximum absolute atomic E-state index is 14.1. The smallest absolute Gasteiger partial charge is 0.338 e. The van der Waals surface area contributed by atoms with Gasteiger partial charge in [0.25, 0.3) is 0 Å². The van der Waals surface area contributed by atoms with Crippen LogP contribution in [0.15, 0.2) is 24.8 Å². The van der Waals surface area contributed by atoms with E-state index in [0.29, 0.717) is 28.9 Å². The Labute approximate surface area is 325 Å². The Morgan fingerprint density at radius 1 is 0.946 bits per heavy atom. The van der Waals surface area contributed by atoms with Crippen molar-refractivity contribution >= 4 is 51.2 Å². The quantitative estimate of drug-likeness (QED) is 0.137. The van der Waals surface area contributed by atoms with Gasteiger partial charge in [-0.15, -0.1) is 0 Å². The van der Waals surface area contributed by atoms with Gasteiger partial charge in [-0.3, -0.25) is 9.78 Å². The van der Waals surface area contributed by atoms with Crippen LogP contribution in [0, 0.1) is 13.8 Å². The van der Waals surface area contributed by atoms with Crippen molar-refractivity contribution in [2.45, 2.75) is 103 Å². The van der Waals surface area contributed by atoms with Crippen LogP contribution in [-0.4, -0.2) is 120 Å². The maximum atomic E-state index is 14.1. The average Bonchev–Trinajstić information content (AvgIpc) is 3.84. The molecule has 7 unspecified atom stereocenters. The van der Waals surface area contributed by atoms with Crippen molar-refractivity contribution in [3.63, 3.8) is 0 Å². The van der Waals surface area contributed by atoms with Gasteiger partial charge < -0.3 is 49.9 Å². The molecule has 300 valence electrons. The van der Waals surface area contributed by atoms with Gasteiger partial charge in [-0.2, -0.15) is 0 Å². The summed E-state index contributed by atoms with van der Waals surface area (Å²) < 4.78 is 11.1. The van der Waals surface area contributed by atoms with Gasteiger partial charge in [-0.1, -0.05) is 33.4 Å². The van der Waals surface area contributed by atoms with E-state index >= 15 is 0 Å². The number of rotatable bonds is 11. The van der Waals surface area contributed by atoms with Gasteiger partial charge in [-0.05, 0) is 74.1 Å². The lowest BCUT2D eigenvalue weighted by atomic mass is 9.89. The molecule has 56 heavy (non-hydrogen) atoms. The maximum Gasteiger partial charge on any atom is 0.338 e. The number of likely N-dealkylation sites (N-methyl/N-ethyl adjacent to an activating group) is 1. The average molecular weight is 772 g/mol. The van der Waals surface area contributed by atoms with E-state index in [1.165, 1.54) is 4.90 Å². The largest absolute Gasteiger partial charge is 0.478 e. The number of carbonyl (C=O) groups excluding carboxylic acids is 1. The second-order valence-electron chi connectivity index (χ2n) is 15.1. The topological polar surface area (TPSA) is 214 Å². The van der Waals surface area contributed by atoms with E-state index in [1.807, 2.05) is 32.1 Å². The number of aromatic nitrogens is 4. The highest BCUT2D eigenvalue weighted by atomic mass is 16.7. The van der Waals surface area contributed by atoms with Crippen LogP contribution < -0.4 is 0 Å². The number of H-pyrrole nitrogens is 2. The minimum Gasteiger partial charge on any atom is -0.478 e. The van der Waals surface area contributed by atoms with Crippen molar-refractivity contribution in [1.29, 1.82) is 0 Å².